The Balaban J connectivity index is 2.00. The molecule has 2 rings (SSSR count). The van der Waals surface area contributed by atoms with Gasteiger partial charge in [0.1, 0.15) is 0 Å². The van der Waals surface area contributed by atoms with Crippen molar-refractivity contribution in [2.45, 2.75) is 64.6 Å². The van der Waals surface area contributed by atoms with Gasteiger partial charge in [-0.1, -0.05) is 25.4 Å². The zero-order chi connectivity index (χ0) is 13.0. The molecule has 102 valence electrons. The van der Waals surface area contributed by atoms with Gasteiger partial charge in [-0.3, -0.25) is 4.90 Å². The Hall–Kier alpha value is -0.940. The fourth-order valence-electron chi connectivity index (χ4n) is 2.60. The Morgan fingerprint density at radius 3 is 2.94 bits per heavy atom. The van der Waals surface area contributed by atoms with Crippen LogP contribution in [0.3, 0.4) is 0 Å². The predicted octanol–water partition coefficient (Wildman–Crippen LogP) is 1.76. The third kappa shape index (κ3) is 3.09. The highest BCUT2D eigenvalue weighted by Gasteiger charge is 2.28. The van der Waals surface area contributed by atoms with Crippen molar-refractivity contribution in [2.75, 3.05) is 6.54 Å². The van der Waals surface area contributed by atoms with Crippen LogP contribution in [-0.2, 0) is 13.0 Å². The van der Waals surface area contributed by atoms with Crippen LogP contribution in [0.25, 0.3) is 0 Å². The summed E-state index contributed by atoms with van der Waals surface area (Å²) < 4.78 is 5.13. The summed E-state index contributed by atoms with van der Waals surface area (Å²) >= 11 is 0. The van der Waals surface area contributed by atoms with E-state index < -0.39 is 0 Å². The highest BCUT2D eigenvalue weighted by molar-refractivity contribution is 4.90. The number of hydrogen-bond acceptors (Lipinski definition) is 5. The molecule has 2 atom stereocenters. The largest absolute Gasteiger partial charge is 0.392 e. The minimum Gasteiger partial charge on any atom is -0.392 e. The average molecular weight is 253 g/mol. The van der Waals surface area contributed by atoms with Crippen LogP contribution in [0.2, 0.25) is 0 Å². The molecule has 1 saturated heterocycles. The maximum Gasteiger partial charge on any atom is 0.226 e. The second-order valence-electron chi connectivity index (χ2n) is 4.97. The first-order valence-electron chi connectivity index (χ1n) is 6.98. The van der Waals surface area contributed by atoms with Gasteiger partial charge >= 0.3 is 0 Å². The summed E-state index contributed by atoms with van der Waals surface area (Å²) in [5.41, 5.74) is 0. The number of likely N-dealkylation sites (tertiary alicyclic amines) is 1. The molecule has 18 heavy (non-hydrogen) atoms. The SMILES string of the molecule is CCc1nc(CN2CCCCC2C(O)CC)no1. The lowest BCUT2D eigenvalue weighted by Gasteiger charge is -2.37. The Kier molecular flexibility index (Phi) is 4.72. The molecule has 1 aromatic heterocycles. The Labute approximate surface area is 108 Å². The number of rotatable bonds is 5. The summed E-state index contributed by atoms with van der Waals surface area (Å²) in [7, 11) is 0. The van der Waals surface area contributed by atoms with Crippen molar-refractivity contribution < 1.29 is 9.63 Å². The topological polar surface area (TPSA) is 62.4 Å². The lowest BCUT2D eigenvalue weighted by atomic mass is 9.96. The van der Waals surface area contributed by atoms with Gasteiger partial charge in [-0.25, -0.2) is 0 Å². The minimum atomic E-state index is -0.247. The number of nitrogens with zero attached hydrogens (tertiary/aromatic N) is 3. The maximum atomic E-state index is 10.1. The average Bonchev–Trinajstić information content (AvgIpc) is 2.86. The van der Waals surface area contributed by atoms with Crippen LogP contribution >= 0.6 is 0 Å². The van der Waals surface area contributed by atoms with E-state index in [-0.39, 0.29) is 12.1 Å². The molecule has 1 fully saturated rings. The zero-order valence-electron chi connectivity index (χ0n) is 11.3. The normalized spacial score (nSPS) is 23.2. The van der Waals surface area contributed by atoms with Crippen LogP contribution in [0.15, 0.2) is 4.52 Å². The standard InChI is InChI=1S/C13H23N3O2/c1-3-11(17)10-7-5-6-8-16(10)9-12-14-13(4-2)18-15-12/h10-11,17H,3-9H2,1-2H3. The third-order valence-corrected chi connectivity index (χ3v) is 3.68. The molecule has 0 spiro atoms. The van der Waals surface area contributed by atoms with Crippen LogP contribution in [0.1, 0.15) is 51.2 Å². The molecule has 5 heteroatoms. The lowest BCUT2D eigenvalue weighted by Crippen LogP contribution is -2.46. The monoisotopic (exact) mass is 253 g/mol. The Morgan fingerprint density at radius 2 is 2.28 bits per heavy atom. The highest BCUT2D eigenvalue weighted by Crippen LogP contribution is 2.22. The summed E-state index contributed by atoms with van der Waals surface area (Å²) in [6.07, 6.45) is 4.77. The first-order chi connectivity index (χ1) is 8.74. The second kappa shape index (κ2) is 6.29. The van der Waals surface area contributed by atoms with Gasteiger partial charge in [-0.2, -0.15) is 4.98 Å². The van der Waals surface area contributed by atoms with E-state index in [2.05, 4.69) is 15.0 Å². The molecular formula is C13H23N3O2. The van der Waals surface area contributed by atoms with E-state index in [1.165, 1.54) is 12.8 Å². The third-order valence-electron chi connectivity index (χ3n) is 3.68. The summed E-state index contributed by atoms with van der Waals surface area (Å²) in [5, 5.41) is 14.1. The van der Waals surface area contributed by atoms with Gasteiger partial charge in [0.05, 0.1) is 12.6 Å². The van der Waals surface area contributed by atoms with Gasteiger partial charge in [0.25, 0.3) is 0 Å². The molecule has 0 bridgehead atoms. The number of piperidine rings is 1. The van der Waals surface area contributed by atoms with E-state index in [0.29, 0.717) is 12.4 Å². The number of aryl methyl sites for hydroxylation is 1. The van der Waals surface area contributed by atoms with E-state index in [0.717, 1.165) is 31.6 Å². The maximum absolute atomic E-state index is 10.1. The van der Waals surface area contributed by atoms with Crippen LogP contribution in [0.5, 0.6) is 0 Å². The van der Waals surface area contributed by atoms with Gasteiger partial charge in [-0.15, -0.1) is 0 Å². The van der Waals surface area contributed by atoms with Crippen molar-refractivity contribution in [2.24, 2.45) is 0 Å². The summed E-state index contributed by atoms with van der Waals surface area (Å²) in [6, 6.07) is 0.243. The second-order valence-corrected chi connectivity index (χ2v) is 4.97. The predicted molar refractivity (Wildman–Crippen MR) is 68.0 cm³/mol. The molecule has 1 aromatic rings. The summed E-state index contributed by atoms with van der Waals surface area (Å²) in [5.74, 6) is 1.43. The van der Waals surface area contributed by atoms with Gasteiger partial charge in [0.15, 0.2) is 5.82 Å². The van der Waals surface area contributed by atoms with Crippen molar-refractivity contribution in [1.29, 1.82) is 0 Å². The molecule has 0 radical (unpaired) electrons. The van der Waals surface area contributed by atoms with E-state index in [1.807, 2.05) is 13.8 Å². The van der Waals surface area contributed by atoms with Crippen molar-refractivity contribution in [3.05, 3.63) is 11.7 Å². The lowest BCUT2D eigenvalue weighted by molar-refractivity contribution is 0.0179. The quantitative estimate of drug-likeness (QED) is 0.866. The molecule has 1 aliphatic rings. The fourth-order valence-corrected chi connectivity index (χ4v) is 2.60. The number of aliphatic hydroxyl groups is 1. The summed E-state index contributed by atoms with van der Waals surface area (Å²) in [6.45, 7) is 5.73. The Bertz CT molecular complexity index is 367. The molecular weight excluding hydrogens is 230 g/mol. The molecule has 0 aromatic carbocycles. The van der Waals surface area contributed by atoms with Crippen molar-refractivity contribution >= 4 is 0 Å². The molecule has 1 N–H and O–H groups in total. The van der Waals surface area contributed by atoms with E-state index >= 15 is 0 Å². The van der Waals surface area contributed by atoms with E-state index in [4.69, 9.17) is 4.52 Å². The highest BCUT2D eigenvalue weighted by atomic mass is 16.5. The van der Waals surface area contributed by atoms with Crippen LogP contribution < -0.4 is 0 Å². The number of aromatic nitrogens is 2. The fraction of sp³-hybridized carbons (Fsp3) is 0.846. The zero-order valence-corrected chi connectivity index (χ0v) is 11.3. The summed E-state index contributed by atoms with van der Waals surface area (Å²) in [4.78, 5) is 6.63. The number of aliphatic hydroxyl groups excluding tert-OH is 1. The van der Waals surface area contributed by atoms with Crippen molar-refractivity contribution in [1.82, 2.24) is 15.0 Å². The molecule has 2 unspecified atom stereocenters. The number of hydrogen-bond donors (Lipinski definition) is 1. The van der Waals surface area contributed by atoms with Crippen LogP contribution in [-0.4, -0.2) is 38.8 Å². The van der Waals surface area contributed by atoms with E-state index in [9.17, 15) is 5.11 Å². The molecule has 0 saturated carbocycles. The van der Waals surface area contributed by atoms with Gasteiger partial charge in [0, 0.05) is 12.5 Å². The molecule has 5 nitrogen and oxygen atoms in total. The molecule has 2 heterocycles. The first kappa shape index (κ1) is 13.5. The van der Waals surface area contributed by atoms with Crippen molar-refractivity contribution in [3.63, 3.8) is 0 Å². The van der Waals surface area contributed by atoms with Crippen molar-refractivity contribution in [3.8, 4) is 0 Å². The van der Waals surface area contributed by atoms with Crippen LogP contribution in [0.4, 0.5) is 0 Å². The molecule has 0 amide bonds. The first-order valence-corrected chi connectivity index (χ1v) is 6.98. The van der Waals surface area contributed by atoms with Gasteiger partial charge in [-0.05, 0) is 25.8 Å². The molecule has 0 aliphatic carbocycles. The van der Waals surface area contributed by atoms with Crippen LogP contribution in [0, 0.1) is 0 Å². The Morgan fingerprint density at radius 1 is 1.44 bits per heavy atom. The smallest absolute Gasteiger partial charge is 0.226 e. The van der Waals surface area contributed by atoms with Gasteiger partial charge < -0.3 is 9.63 Å². The van der Waals surface area contributed by atoms with Gasteiger partial charge in [0.2, 0.25) is 5.89 Å². The molecule has 1 aliphatic heterocycles. The minimum absolute atomic E-state index is 0.243. The van der Waals surface area contributed by atoms with E-state index in [1.54, 1.807) is 0 Å².